The molecular weight excluding hydrogens is 294 g/mol. The minimum atomic E-state index is 0.483. The number of aryl methyl sites for hydroxylation is 1. The van der Waals surface area contributed by atoms with Crippen molar-refractivity contribution in [2.24, 2.45) is 0 Å². The summed E-state index contributed by atoms with van der Waals surface area (Å²) in [6.07, 6.45) is 0. The SMILES string of the molecule is Cc1cc(CCl)c(Cl)cc1I. The third-order valence-electron chi connectivity index (χ3n) is 1.47. The number of alkyl halides is 1. The summed E-state index contributed by atoms with van der Waals surface area (Å²) in [6, 6.07) is 3.96. The Morgan fingerprint density at radius 1 is 1.45 bits per heavy atom. The lowest BCUT2D eigenvalue weighted by molar-refractivity contribution is 1.32. The topological polar surface area (TPSA) is 0 Å². The summed E-state index contributed by atoms with van der Waals surface area (Å²) >= 11 is 13.8. The molecular formula is C8H7Cl2I. The van der Waals surface area contributed by atoms with Crippen LogP contribution in [-0.4, -0.2) is 0 Å². The molecule has 1 aromatic rings. The molecule has 0 unspecified atom stereocenters. The Hall–Kier alpha value is 0.530. The first kappa shape index (κ1) is 9.62. The van der Waals surface area contributed by atoms with E-state index in [9.17, 15) is 0 Å². The molecule has 0 N–H and O–H groups in total. The molecule has 0 aliphatic rings. The normalized spacial score (nSPS) is 10.2. The summed E-state index contributed by atoms with van der Waals surface area (Å²) in [7, 11) is 0. The zero-order valence-electron chi connectivity index (χ0n) is 6.00. The first-order valence-electron chi connectivity index (χ1n) is 3.15. The minimum Gasteiger partial charge on any atom is -0.121 e. The highest BCUT2D eigenvalue weighted by Crippen LogP contribution is 2.23. The van der Waals surface area contributed by atoms with Crippen LogP contribution in [0.3, 0.4) is 0 Å². The van der Waals surface area contributed by atoms with Gasteiger partial charge in [0.05, 0.1) is 0 Å². The van der Waals surface area contributed by atoms with Gasteiger partial charge in [-0.1, -0.05) is 17.7 Å². The van der Waals surface area contributed by atoms with Crippen LogP contribution in [0.2, 0.25) is 5.02 Å². The third kappa shape index (κ3) is 2.23. The Balaban J connectivity index is 3.21. The molecule has 0 heterocycles. The maximum absolute atomic E-state index is 5.91. The second-order valence-electron chi connectivity index (χ2n) is 2.33. The van der Waals surface area contributed by atoms with Gasteiger partial charge in [-0.05, 0) is 46.7 Å². The predicted octanol–water partition coefficient (Wildman–Crippen LogP) is 3.99. The molecule has 11 heavy (non-hydrogen) atoms. The highest BCUT2D eigenvalue weighted by Gasteiger charge is 2.01. The van der Waals surface area contributed by atoms with Gasteiger partial charge in [0.2, 0.25) is 0 Å². The predicted molar refractivity (Wildman–Crippen MR) is 58.5 cm³/mol. The van der Waals surface area contributed by atoms with Gasteiger partial charge < -0.3 is 0 Å². The molecule has 0 atom stereocenters. The molecule has 3 heteroatoms. The summed E-state index contributed by atoms with van der Waals surface area (Å²) in [5.74, 6) is 0.483. The van der Waals surface area contributed by atoms with Crippen LogP contribution in [-0.2, 0) is 5.88 Å². The second-order valence-corrected chi connectivity index (χ2v) is 4.16. The van der Waals surface area contributed by atoms with Crippen molar-refractivity contribution < 1.29 is 0 Å². The fraction of sp³-hybridized carbons (Fsp3) is 0.250. The lowest BCUT2D eigenvalue weighted by Crippen LogP contribution is -1.85. The smallest absolute Gasteiger partial charge is 0.0488 e. The van der Waals surface area contributed by atoms with E-state index in [0.717, 1.165) is 10.6 Å². The van der Waals surface area contributed by atoms with Crippen molar-refractivity contribution >= 4 is 45.8 Å². The molecule has 0 spiro atoms. The van der Waals surface area contributed by atoms with Gasteiger partial charge in [0.25, 0.3) is 0 Å². The van der Waals surface area contributed by atoms with Crippen molar-refractivity contribution in [3.05, 3.63) is 31.9 Å². The molecule has 0 aliphatic heterocycles. The van der Waals surface area contributed by atoms with Gasteiger partial charge >= 0.3 is 0 Å². The number of rotatable bonds is 1. The quantitative estimate of drug-likeness (QED) is 0.543. The largest absolute Gasteiger partial charge is 0.121 e. The molecule has 0 saturated heterocycles. The Kier molecular flexibility index (Phi) is 3.47. The van der Waals surface area contributed by atoms with Crippen molar-refractivity contribution in [3.63, 3.8) is 0 Å². The lowest BCUT2D eigenvalue weighted by atomic mass is 10.2. The summed E-state index contributed by atoms with van der Waals surface area (Å²) in [5, 5.41) is 0.759. The lowest BCUT2D eigenvalue weighted by Gasteiger charge is -2.03. The van der Waals surface area contributed by atoms with E-state index < -0.39 is 0 Å². The van der Waals surface area contributed by atoms with Crippen molar-refractivity contribution in [2.75, 3.05) is 0 Å². The average Bonchev–Trinajstić information content (AvgIpc) is 1.97. The van der Waals surface area contributed by atoms with Gasteiger partial charge in [0.1, 0.15) is 0 Å². The van der Waals surface area contributed by atoms with E-state index in [4.69, 9.17) is 23.2 Å². The van der Waals surface area contributed by atoms with Crippen LogP contribution in [0.4, 0.5) is 0 Å². The van der Waals surface area contributed by atoms with Crippen molar-refractivity contribution in [2.45, 2.75) is 12.8 Å². The number of benzene rings is 1. The van der Waals surface area contributed by atoms with Gasteiger partial charge in [-0.25, -0.2) is 0 Å². The molecule has 60 valence electrons. The van der Waals surface area contributed by atoms with Gasteiger partial charge in [-0.15, -0.1) is 11.6 Å². The van der Waals surface area contributed by atoms with Crippen LogP contribution < -0.4 is 0 Å². The van der Waals surface area contributed by atoms with E-state index in [1.165, 1.54) is 9.13 Å². The highest BCUT2D eigenvalue weighted by atomic mass is 127. The van der Waals surface area contributed by atoms with Gasteiger partial charge in [-0.3, -0.25) is 0 Å². The van der Waals surface area contributed by atoms with Crippen LogP contribution in [0.15, 0.2) is 12.1 Å². The molecule has 0 radical (unpaired) electrons. The van der Waals surface area contributed by atoms with E-state index in [0.29, 0.717) is 5.88 Å². The zero-order valence-corrected chi connectivity index (χ0v) is 9.67. The standard InChI is InChI=1S/C8H7Cl2I/c1-5-2-6(4-9)7(10)3-8(5)11/h2-3H,4H2,1H3. The average molecular weight is 301 g/mol. The number of halogens is 3. The fourth-order valence-electron chi connectivity index (χ4n) is 0.819. The van der Waals surface area contributed by atoms with Gasteiger partial charge in [0, 0.05) is 14.5 Å². The van der Waals surface area contributed by atoms with E-state index in [2.05, 4.69) is 22.6 Å². The van der Waals surface area contributed by atoms with E-state index in [1.54, 1.807) is 0 Å². The van der Waals surface area contributed by atoms with Crippen LogP contribution in [0.1, 0.15) is 11.1 Å². The molecule has 0 fully saturated rings. The third-order valence-corrected chi connectivity index (χ3v) is 3.27. The molecule has 0 aliphatic carbocycles. The maximum Gasteiger partial charge on any atom is 0.0488 e. The Morgan fingerprint density at radius 2 is 2.09 bits per heavy atom. The van der Waals surface area contributed by atoms with Crippen molar-refractivity contribution in [1.82, 2.24) is 0 Å². The zero-order chi connectivity index (χ0) is 8.43. The molecule has 0 bridgehead atoms. The summed E-state index contributed by atoms with van der Waals surface area (Å²) in [6.45, 7) is 2.05. The first-order chi connectivity index (χ1) is 5.15. The Morgan fingerprint density at radius 3 is 2.64 bits per heavy atom. The van der Waals surface area contributed by atoms with Crippen LogP contribution >= 0.6 is 45.8 Å². The van der Waals surface area contributed by atoms with Crippen molar-refractivity contribution in [3.8, 4) is 0 Å². The molecule has 1 aromatic carbocycles. The van der Waals surface area contributed by atoms with Gasteiger partial charge in [-0.2, -0.15) is 0 Å². The highest BCUT2D eigenvalue weighted by molar-refractivity contribution is 14.1. The summed E-state index contributed by atoms with van der Waals surface area (Å²) in [4.78, 5) is 0. The molecule has 0 saturated carbocycles. The molecule has 0 nitrogen and oxygen atoms in total. The van der Waals surface area contributed by atoms with E-state index >= 15 is 0 Å². The number of hydrogen-bond acceptors (Lipinski definition) is 0. The van der Waals surface area contributed by atoms with E-state index in [1.807, 2.05) is 19.1 Å². The maximum atomic E-state index is 5.91. The van der Waals surface area contributed by atoms with Crippen LogP contribution in [0.5, 0.6) is 0 Å². The fourth-order valence-corrected chi connectivity index (χ4v) is 1.99. The monoisotopic (exact) mass is 300 g/mol. The Labute approximate surface area is 90.0 Å². The summed E-state index contributed by atoms with van der Waals surface area (Å²) in [5.41, 5.74) is 2.23. The summed E-state index contributed by atoms with van der Waals surface area (Å²) < 4.78 is 1.18. The molecule has 0 aromatic heterocycles. The van der Waals surface area contributed by atoms with Crippen LogP contribution in [0.25, 0.3) is 0 Å². The minimum absolute atomic E-state index is 0.483. The number of hydrogen-bond donors (Lipinski definition) is 0. The van der Waals surface area contributed by atoms with Gasteiger partial charge in [0.15, 0.2) is 0 Å². The molecule has 0 amide bonds. The molecule has 1 rings (SSSR count). The van der Waals surface area contributed by atoms with Crippen LogP contribution in [0, 0.1) is 10.5 Å². The van der Waals surface area contributed by atoms with E-state index in [-0.39, 0.29) is 0 Å². The first-order valence-corrected chi connectivity index (χ1v) is 5.14. The Bertz CT molecular complexity index is 271. The van der Waals surface area contributed by atoms with Crippen molar-refractivity contribution in [1.29, 1.82) is 0 Å². The second kappa shape index (κ2) is 3.97.